The van der Waals surface area contributed by atoms with Crippen molar-refractivity contribution in [3.63, 3.8) is 0 Å². The summed E-state index contributed by atoms with van der Waals surface area (Å²) in [6.07, 6.45) is 54.9. The highest BCUT2D eigenvalue weighted by molar-refractivity contribution is 5.79. The van der Waals surface area contributed by atoms with Gasteiger partial charge in [0.05, 0.1) is 0 Å². The standard InChI is InChI=1S/C24H46O2.C20H38O2/c1-2-3-4-5-6-7-8-9-10-11-12-13-14-15-16-17-18-19-20-21-22-23-24(25)26;1-2-3-4-5-6-7-8-9-10-11-12-13-14-15-16-17-18-19-20(21)22/h22-23H,2-21H2,1H3,(H,25,26);18-19H,2-17H2,1H3,(H,21,22)/b23-22+;19-18+. The van der Waals surface area contributed by atoms with Gasteiger partial charge in [-0.05, 0) is 25.7 Å². The normalized spacial score (nSPS) is 11.4. The van der Waals surface area contributed by atoms with Crippen molar-refractivity contribution in [1.29, 1.82) is 0 Å². The maximum absolute atomic E-state index is 10.3. The molecule has 4 nitrogen and oxygen atoms in total. The van der Waals surface area contributed by atoms with Crippen LogP contribution in [0.4, 0.5) is 0 Å². The predicted octanol–water partition coefficient (Wildman–Crippen LogP) is 15.3. The molecule has 0 unspecified atom stereocenters. The van der Waals surface area contributed by atoms with Crippen LogP contribution in [0.25, 0.3) is 0 Å². The minimum Gasteiger partial charge on any atom is -0.478 e. The third kappa shape index (κ3) is 51.3. The number of allylic oxidation sites excluding steroid dienone is 2. The third-order valence-corrected chi connectivity index (χ3v) is 9.47. The van der Waals surface area contributed by atoms with E-state index in [-0.39, 0.29) is 0 Å². The van der Waals surface area contributed by atoms with Crippen molar-refractivity contribution in [1.82, 2.24) is 0 Å². The number of rotatable bonds is 38. The molecule has 0 bridgehead atoms. The smallest absolute Gasteiger partial charge is 0.327 e. The van der Waals surface area contributed by atoms with E-state index in [1.165, 1.54) is 218 Å². The lowest BCUT2D eigenvalue weighted by Gasteiger charge is -2.03. The Morgan fingerprint density at radius 3 is 0.646 bits per heavy atom. The summed E-state index contributed by atoms with van der Waals surface area (Å²) in [4.78, 5) is 20.6. The molecule has 0 aromatic carbocycles. The molecule has 284 valence electrons. The van der Waals surface area contributed by atoms with E-state index in [1.807, 2.05) is 0 Å². The second-order valence-corrected chi connectivity index (χ2v) is 14.4. The first-order valence-electron chi connectivity index (χ1n) is 21.3. The van der Waals surface area contributed by atoms with E-state index in [1.54, 1.807) is 12.2 Å². The van der Waals surface area contributed by atoms with Crippen molar-refractivity contribution in [2.24, 2.45) is 0 Å². The summed E-state index contributed by atoms with van der Waals surface area (Å²) in [5.74, 6) is -1.66. The summed E-state index contributed by atoms with van der Waals surface area (Å²) in [7, 11) is 0. The van der Waals surface area contributed by atoms with Crippen LogP contribution in [0.2, 0.25) is 0 Å². The second-order valence-electron chi connectivity index (χ2n) is 14.4. The topological polar surface area (TPSA) is 74.6 Å². The molecule has 0 saturated carbocycles. The molecule has 0 aromatic rings. The van der Waals surface area contributed by atoms with Gasteiger partial charge in [-0.15, -0.1) is 0 Å². The monoisotopic (exact) mass is 677 g/mol. The quantitative estimate of drug-likeness (QED) is 0.0504. The number of carbonyl (C=O) groups is 2. The summed E-state index contributed by atoms with van der Waals surface area (Å²) >= 11 is 0. The fourth-order valence-electron chi connectivity index (χ4n) is 6.34. The van der Waals surface area contributed by atoms with Crippen molar-refractivity contribution >= 4 is 11.9 Å². The average Bonchev–Trinajstić information content (AvgIpc) is 3.07. The molecule has 0 saturated heterocycles. The number of hydrogen-bond donors (Lipinski definition) is 2. The molecule has 0 aromatic heterocycles. The van der Waals surface area contributed by atoms with E-state index in [0.717, 1.165) is 25.7 Å². The minimum absolute atomic E-state index is 0.831. The summed E-state index contributed by atoms with van der Waals surface area (Å²) in [6, 6.07) is 0. The van der Waals surface area contributed by atoms with Crippen LogP contribution in [0.3, 0.4) is 0 Å². The van der Waals surface area contributed by atoms with Gasteiger partial charge >= 0.3 is 11.9 Å². The van der Waals surface area contributed by atoms with E-state index in [4.69, 9.17) is 10.2 Å². The number of carboxylic acid groups (broad SMARTS) is 2. The van der Waals surface area contributed by atoms with Crippen molar-refractivity contribution in [3.8, 4) is 0 Å². The van der Waals surface area contributed by atoms with Gasteiger partial charge in [-0.1, -0.05) is 231 Å². The molecule has 4 heteroatoms. The number of unbranched alkanes of at least 4 members (excludes halogenated alkanes) is 34. The first-order chi connectivity index (χ1) is 23.5. The van der Waals surface area contributed by atoms with Gasteiger partial charge in [0.25, 0.3) is 0 Å². The van der Waals surface area contributed by atoms with E-state index >= 15 is 0 Å². The van der Waals surface area contributed by atoms with Gasteiger partial charge in [0, 0.05) is 12.2 Å². The Hall–Kier alpha value is -1.58. The zero-order chi connectivity index (χ0) is 35.4. The summed E-state index contributed by atoms with van der Waals surface area (Å²) in [6.45, 7) is 4.56. The van der Waals surface area contributed by atoms with Crippen molar-refractivity contribution < 1.29 is 19.8 Å². The number of carboxylic acids is 2. The average molecular weight is 677 g/mol. The molecule has 0 amide bonds. The van der Waals surface area contributed by atoms with Crippen LogP contribution < -0.4 is 0 Å². The molecule has 2 N–H and O–H groups in total. The summed E-state index contributed by atoms with van der Waals surface area (Å²) < 4.78 is 0. The van der Waals surface area contributed by atoms with Gasteiger partial charge in [-0.3, -0.25) is 0 Å². The van der Waals surface area contributed by atoms with Crippen LogP contribution in [-0.2, 0) is 9.59 Å². The predicted molar refractivity (Wildman–Crippen MR) is 211 cm³/mol. The lowest BCUT2D eigenvalue weighted by atomic mass is 10.0. The number of aliphatic carboxylic acids is 2. The zero-order valence-corrected chi connectivity index (χ0v) is 32.5. The molecule has 0 radical (unpaired) electrons. The fraction of sp³-hybridized carbons (Fsp3) is 0.864. The Kier molecular flexibility index (Phi) is 45.9. The second kappa shape index (κ2) is 45.4. The van der Waals surface area contributed by atoms with E-state index in [0.29, 0.717) is 0 Å². The molecule has 0 atom stereocenters. The van der Waals surface area contributed by atoms with Gasteiger partial charge in [-0.25, -0.2) is 9.59 Å². The van der Waals surface area contributed by atoms with E-state index < -0.39 is 11.9 Å². The fourth-order valence-corrected chi connectivity index (χ4v) is 6.34. The van der Waals surface area contributed by atoms with Crippen LogP contribution in [0, 0.1) is 0 Å². The first kappa shape index (κ1) is 48.5. The molecule has 0 aliphatic carbocycles. The molecule has 0 fully saturated rings. The summed E-state index contributed by atoms with van der Waals surface area (Å²) in [5.41, 5.74) is 0. The first-order valence-corrected chi connectivity index (χ1v) is 21.3. The van der Waals surface area contributed by atoms with Gasteiger partial charge in [0.15, 0.2) is 0 Å². The summed E-state index contributed by atoms with van der Waals surface area (Å²) in [5, 5.41) is 16.9. The zero-order valence-electron chi connectivity index (χ0n) is 32.5. The van der Waals surface area contributed by atoms with E-state index in [2.05, 4.69) is 13.8 Å². The maximum atomic E-state index is 10.3. The SMILES string of the molecule is CCCCCCCCCCCCCCCCC/C=C/C(=O)O.CCCCCCCCCCCCCCCCCCCCC/C=C/C(=O)O. The molecular formula is C44H84O4. The molecule has 0 heterocycles. The van der Waals surface area contributed by atoms with Crippen molar-refractivity contribution in [2.45, 2.75) is 245 Å². The highest BCUT2D eigenvalue weighted by Crippen LogP contribution is 2.16. The minimum atomic E-state index is -0.832. The molecule has 0 aliphatic heterocycles. The van der Waals surface area contributed by atoms with Gasteiger partial charge in [0.2, 0.25) is 0 Å². The van der Waals surface area contributed by atoms with E-state index in [9.17, 15) is 9.59 Å². The molecule has 48 heavy (non-hydrogen) atoms. The Bertz CT molecular complexity index is 683. The Balaban J connectivity index is 0. The molecule has 0 spiro atoms. The van der Waals surface area contributed by atoms with Gasteiger partial charge < -0.3 is 10.2 Å². The number of hydrogen-bond acceptors (Lipinski definition) is 2. The van der Waals surface area contributed by atoms with Crippen LogP contribution in [-0.4, -0.2) is 22.2 Å². The van der Waals surface area contributed by atoms with Gasteiger partial charge in [0.1, 0.15) is 0 Å². The van der Waals surface area contributed by atoms with Crippen LogP contribution in [0.1, 0.15) is 245 Å². The Morgan fingerprint density at radius 2 is 0.479 bits per heavy atom. The van der Waals surface area contributed by atoms with Crippen LogP contribution in [0.15, 0.2) is 24.3 Å². The lowest BCUT2D eigenvalue weighted by Crippen LogP contribution is -1.86. The van der Waals surface area contributed by atoms with Crippen LogP contribution in [0.5, 0.6) is 0 Å². The van der Waals surface area contributed by atoms with Crippen molar-refractivity contribution in [3.05, 3.63) is 24.3 Å². The highest BCUT2D eigenvalue weighted by Gasteiger charge is 1.96. The lowest BCUT2D eigenvalue weighted by molar-refractivity contribution is -0.132. The van der Waals surface area contributed by atoms with Gasteiger partial charge in [-0.2, -0.15) is 0 Å². The largest absolute Gasteiger partial charge is 0.478 e. The molecule has 0 aliphatic rings. The van der Waals surface area contributed by atoms with Crippen LogP contribution >= 0.6 is 0 Å². The Morgan fingerprint density at radius 1 is 0.312 bits per heavy atom. The highest BCUT2D eigenvalue weighted by atomic mass is 16.4. The third-order valence-electron chi connectivity index (χ3n) is 9.47. The molecular weight excluding hydrogens is 592 g/mol. The van der Waals surface area contributed by atoms with Crippen molar-refractivity contribution in [2.75, 3.05) is 0 Å². The maximum Gasteiger partial charge on any atom is 0.327 e. The molecule has 0 rings (SSSR count). The Labute approximate surface area is 300 Å².